The first-order valence-electron chi connectivity index (χ1n) is 5.81. The van der Waals surface area contributed by atoms with Gasteiger partial charge in [-0.25, -0.2) is 4.98 Å². The lowest BCUT2D eigenvalue weighted by Crippen LogP contribution is -2.28. The number of carbonyl (C=O) groups excluding carboxylic acids is 1. The van der Waals surface area contributed by atoms with E-state index >= 15 is 0 Å². The third kappa shape index (κ3) is 3.29. The number of nitrogen functional groups attached to an aromatic ring is 1. The Balaban J connectivity index is 2.20. The maximum atomic E-state index is 11.9. The first kappa shape index (κ1) is 13.5. The fourth-order valence-electron chi connectivity index (χ4n) is 1.74. The van der Waals surface area contributed by atoms with Crippen molar-refractivity contribution in [1.82, 2.24) is 10.3 Å². The number of aromatic nitrogens is 1. The third-order valence-electron chi connectivity index (χ3n) is 2.68. The number of hydrogen-bond acceptors (Lipinski definition) is 4. The number of nitrogens with one attached hydrogen (secondary N) is 1. The van der Waals surface area contributed by atoms with E-state index in [4.69, 9.17) is 5.73 Å². The topological polar surface area (TPSA) is 85.1 Å². The summed E-state index contributed by atoms with van der Waals surface area (Å²) in [7, 11) is -0.925. The normalized spacial score (nSPS) is 12.3. The van der Waals surface area contributed by atoms with Crippen LogP contribution in [0.1, 0.15) is 10.5 Å². The fraction of sp³-hybridized carbons (Fsp3) is 0.231. The van der Waals surface area contributed by atoms with Crippen LogP contribution < -0.4 is 11.1 Å². The number of carbonyl (C=O) groups is 1. The summed E-state index contributed by atoms with van der Waals surface area (Å²) >= 11 is 0. The molecule has 5 nitrogen and oxygen atoms in total. The summed E-state index contributed by atoms with van der Waals surface area (Å²) < 4.78 is 10.9. The highest BCUT2D eigenvalue weighted by Crippen LogP contribution is 2.19. The molecule has 0 saturated heterocycles. The van der Waals surface area contributed by atoms with Crippen molar-refractivity contribution >= 4 is 33.3 Å². The van der Waals surface area contributed by atoms with E-state index in [1.165, 1.54) is 0 Å². The molecule has 19 heavy (non-hydrogen) atoms. The average molecular weight is 277 g/mol. The molecule has 1 aromatic heterocycles. The Labute approximate surface area is 113 Å². The molecule has 100 valence electrons. The van der Waals surface area contributed by atoms with Crippen LogP contribution in [0.25, 0.3) is 10.8 Å². The SMILES string of the molecule is CS(=O)CCNC(=O)c1cc2ccccc2c(N)n1. The monoisotopic (exact) mass is 277 g/mol. The van der Waals surface area contributed by atoms with Crippen molar-refractivity contribution in [2.75, 3.05) is 24.3 Å². The number of anilines is 1. The van der Waals surface area contributed by atoms with Gasteiger partial charge in [0.05, 0.1) is 0 Å². The van der Waals surface area contributed by atoms with Crippen LogP contribution in [-0.4, -0.2) is 33.7 Å². The standard InChI is InChI=1S/C13H15N3O2S/c1-19(18)7-6-15-13(17)11-8-9-4-2-3-5-10(9)12(14)16-11/h2-5,8H,6-7H2,1H3,(H2,14,16)(H,15,17). The Kier molecular flexibility index (Phi) is 4.11. The first-order chi connectivity index (χ1) is 9.08. The molecule has 2 aromatic rings. The molecule has 0 saturated carbocycles. The lowest BCUT2D eigenvalue weighted by atomic mass is 10.1. The Morgan fingerprint density at radius 1 is 1.42 bits per heavy atom. The molecule has 2 rings (SSSR count). The van der Waals surface area contributed by atoms with Crippen molar-refractivity contribution in [3.63, 3.8) is 0 Å². The van der Waals surface area contributed by atoms with Crippen LogP contribution in [0.5, 0.6) is 0 Å². The summed E-state index contributed by atoms with van der Waals surface area (Å²) in [5.41, 5.74) is 6.11. The van der Waals surface area contributed by atoms with E-state index in [0.29, 0.717) is 18.1 Å². The molecular formula is C13H15N3O2S. The number of nitrogens with two attached hydrogens (primary N) is 1. The highest BCUT2D eigenvalue weighted by Gasteiger charge is 2.10. The van der Waals surface area contributed by atoms with Crippen molar-refractivity contribution < 1.29 is 9.00 Å². The van der Waals surface area contributed by atoms with Gasteiger partial charge in [0.2, 0.25) is 0 Å². The van der Waals surface area contributed by atoms with Crippen LogP contribution in [0.15, 0.2) is 30.3 Å². The predicted octanol–water partition coefficient (Wildman–Crippen LogP) is 0.925. The summed E-state index contributed by atoms with van der Waals surface area (Å²) in [6.45, 7) is 0.357. The van der Waals surface area contributed by atoms with Gasteiger partial charge in [-0.15, -0.1) is 0 Å². The number of amides is 1. The molecule has 6 heteroatoms. The van der Waals surface area contributed by atoms with Crippen molar-refractivity contribution in [1.29, 1.82) is 0 Å². The molecule has 3 N–H and O–H groups in total. The summed E-state index contributed by atoms with van der Waals surface area (Å²) in [6.07, 6.45) is 1.60. The van der Waals surface area contributed by atoms with Crippen molar-refractivity contribution in [3.8, 4) is 0 Å². The van der Waals surface area contributed by atoms with Gasteiger partial charge in [0.25, 0.3) is 5.91 Å². The van der Waals surface area contributed by atoms with Gasteiger partial charge in [0, 0.05) is 34.7 Å². The van der Waals surface area contributed by atoms with Crippen LogP contribution in [-0.2, 0) is 10.8 Å². The molecule has 0 aliphatic heterocycles. The number of pyridine rings is 1. The Morgan fingerprint density at radius 2 is 2.16 bits per heavy atom. The van der Waals surface area contributed by atoms with Gasteiger partial charge in [-0.1, -0.05) is 24.3 Å². The van der Waals surface area contributed by atoms with Crippen LogP contribution in [0.4, 0.5) is 5.82 Å². The Hall–Kier alpha value is -1.95. The van der Waals surface area contributed by atoms with Gasteiger partial charge in [-0.05, 0) is 11.5 Å². The second-order valence-electron chi connectivity index (χ2n) is 4.15. The molecular weight excluding hydrogens is 262 g/mol. The predicted molar refractivity (Wildman–Crippen MR) is 77.4 cm³/mol. The van der Waals surface area contributed by atoms with Crippen LogP contribution in [0.2, 0.25) is 0 Å². The Morgan fingerprint density at radius 3 is 2.89 bits per heavy atom. The van der Waals surface area contributed by atoms with Crippen molar-refractivity contribution in [3.05, 3.63) is 36.0 Å². The molecule has 1 unspecified atom stereocenters. The molecule has 0 aliphatic carbocycles. The van der Waals surface area contributed by atoms with Gasteiger partial charge >= 0.3 is 0 Å². The largest absolute Gasteiger partial charge is 0.383 e. The van der Waals surface area contributed by atoms with Crippen LogP contribution >= 0.6 is 0 Å². The van der Waals surface area contributed by atoms with E-state index in [1.807, 2.05) is 24.3 Å². The van der Waals surface area contributed by atoms with E-state index in [0.717, 1.165) is 10.8 Å². The number of hydrogen-bond donors (Lipinski definition) is 2. The van der Waals surface area contributed by atoms with E-state index in [-0.39, 0.29) is 11.6 Å². The van der Waals surface area contributed by atoms with E-state index in [1.54, 1.807) is 12.3 Å². The minimum Gasteiger partial charge on any atom is -0.383 e. The summed E-state index contributed by atoms with van der Waals surface area (Å²) in [5, 5.41) is 4.37. The molecule has 1 amide bonds. The van der Waals surface area contributed by atoms with Crippen molar-refractivity contribution in [2.45, 2.75) is 0 Å². The van der Waals surface area contributed by atoms with E-state index in [2.05, 4.69) is 10.3 Å². The lowest BCUT2D eigenvalue weighted by molar-refractivity contribution is 0.0951. The second kappa shape index (κ2) is 5.79. The number of fused-ring (bicyclic) bond motifs is 1. The summed E-state index contributed by atoms with van der Waals surface area (Å²) in [5.74, 6) is 0.458. The first-order valence-corrected chi connectivity index (χ1v) is 7.54. The van der Waals surface area contributed by atoms with E-state index < -0.39 is 10.8 Å². The molecule has 0 fully saturated rings. The van der Waals surface area contributed by atoms with Crippen LogP contribution in [0, 0.1) is 0 Å². The molecule has 1 heterocycles. The highest BCUT2D eigenvalue weighted by atomic mass is 32.2. The zero-order valence-electron chi connectivity index (χ0n) is 10.6. The van der Waals surface area contributed by atoms with Gasteiger partial charge in [-0.2, -0.15) is 0 Å². The number of rotatable bonds is 4. The highest BCUT2D eigenvalue weighted by molar-refractivity contribution is 7.84. The fourth-order valence-corrected chi connectivity index (χ4v) is 2.13. The van der Waals surface area contributed by atoms with Crippen molar-refractivity contribution in [2.24, 2.45) is 0 Å². The minimum atomic E-state index is -0.925. The molecule has 1 atom stereocenters. The molecule has 0 aliphatic rings. The number of benzene rings is 1. The summed E-state index contributed by atoms with van der Waals surface area (Å²) in [6, 6.07) is 9.19. The maximum absolute atomic E-state index is 11.9. The van der Waals surface area contributed by atoms with Gasteiger partial charge < -0.3 is 11.1 Å². The smallest absolute Gasteiger partial charge is 0.270 e. The van der Waals surface area contributed by atoms with Crippen LogP contribution in [0.3, 0.4) is 0 Å². The lowest BCUT2D eigenvalue weighted by Gasteiger charge is -2.06. The third-order valence-corrected chi connectivity index (χ3v) is 3.46. The maximum Gasteiger partial charge on any atom is 0.270 e. The zero-order valence-corrected chi connectivity index (χ0v) is 11.4. The summed E-state index contributed by atoms with van der Waals surface area (Å²) in [4.78, 5) is 16.0. The quantitative estimate of drug-likeness (QED) is 0.870. The Bertz CT molecular complexity index is 643. The average Bonchev–Trinajstić information content (AvgIpc) is 2.38. The molecule has 0 bridgehead atoms. The molecule has 0 spiro atoms. The van der Waals surface area contributed by atoms with E-state index in [9.17, 15) is 9.00 Å². The molecule has 1 aromatic carbocycles. The van der Waals surface area contributed by atoms with Gasteiger partial charge in [0.15, 0.2) is 0 Å². The van der Waals surface area contributed by atoms with Gasteiger partial charge in [0.1, 0.15) is 11.5 Å². The zero-order chi connectivity index (χ0) is 13.8. The number of nitrogens with zero attached hydrogens (tertiary/aromatic N) is 1. The second-order valence-corrected chi connectivity index (χ2v) is 5.70. The van der Waals surface area contributed by atoms with Gasteiger partial charge in [-0.3, -0.25) is 9.00 Å². The molecule has 0 radical (unpaired) electrons. The minimum absolute atomic E-state index is 0.276.